The molecule has 1 aliphatic heterocycles. The van der Waals surface area contributed by atoms with Crippen molar-refractivity contribution in [3.05, 3.63) is 0 Å². The van der Waals surface area contributed by atoms with E-state index in [-0.39, 0.29) is 11.9 Å². The predicted molar refractivity (Wildman–Crippen MR) is 46.2 cm³/mol. The molecule has 0 aliphatic carbocycles. The van der Waals surface area contributed by atoms with Gasteiger partial charge in [0, 0.05) is 0 Å². The Morgan fingerprint density at radius 2 is 2.17 bits per heavy atom. The third kappa shape index (κ3) is 1.97. The molecule has 1 rings (SSSR count). The molecule has 0 aromatic carbocycles. The van der Waals surface area contributed by atoms with Gasteiger partial charge in [-0.25, -0.2) is 14.3 Å². The van der Waals surface area contributed by atoms with Gasteiger partial charge in [-0.15, -0.1) is 0 Å². The van der Waals surface area contributed by atoms with Crippen LogP contribution in [-0.2, 0) is 14.7 Å². The lowest BCUT2D eigenvalue weighted by atomic mass is 10.1. The Labute approximate surface area is 73.0 Å². The van der Waals surface area contributed by atoms with Crippen molar-refractivity contribution < 1.29 is 13.3 Å². The minimum atomic E-state index is -2.94. The van der Waals surface area contributed by atoms with Gasteiger partial charge in [0.15, 0.2) is 9.84 Å². The van der Waals surface area contributed by atoms with E-state index >= 15 is 0 Å². The Bertz CT molecular complexity index is 237. The largest absolute Gasteiger partial charge is 0.300 e. The quantitative estimate of drug-likeness (QED) is 0.637. The summed E-state index contributed by atoms with van der Waals surface area (Å²) in [6, 6.07) is 0. The van der Waals surface area contributed by atoms with Crippen molar-refractivity contribution >= 4 is 9.84 Å². The van der Waals surface area contributed by atoms with E-state index in [9.17, 15) is 8.42 Å². The SMILES string of the molecule is CC(ON)C1CCCCS1(=O)=O. The molecular weight excluding hydrogens is 178 g/mol. The van der Waals surface area contributed by atoms with Gasteiger partial charge in [0.1, 0.15) is 0 Å². The molecule has 2 N–H and O–H groups in total. The van der Waals surface area contributed by atoms with Crippen LogP contribution in [0, 0.1) is 0 Å². The third-order valence-corrected chi connectivity index (χ3v) is 4.77. The van der Waals surface area contributed by atoms with Gasteiger partial charge in [-0.05, 0) is 19.8 Å². The highest BCUT2D eigenvalue weighted by Gasteiger charge is 2.33. The highest BCUT2D eigenvalue weighted by molar-refractivity contribution is 7.92. The first-order valence-corrected chi connectivity index (χ1v) is 5.86. The Hall–Kier alpha value is -0.130. The average molecular weight is 193 g/mol. The van der Waals surface area contributed by atoms with Crippen LogP contribution in [0.3, 0.4) is 0 Å². The van der Waals surface area contributed by atoms with Crippen LogP contribution in [0.5, 0.6) is 0 Å². The molecule has 0 amide bonds. The molecule has 0 saturated carbocycles. The van der Waals surface area contributed by atoms with Crippen molar-refractivity contribution in [3.63, 3.8) is 0 Å². The molecule has 4 nitrogen and oxygen atoms in total. The summed E-state index contributed by atoms with van der Waals surface area (Å²) in [5, 5.41) is -0.392. The van der Waals surface area contributed by atoms with Crippen molar-refractivity contribution in [2.24, 2.45) is 5.90 Å². The van der Waals surface area contributed by atoms with Gasteiger partial charge >= 0.3 is 0 Å². The number of hydrogen-bond donors (Lipinski definition) is 1. The Morgan fingerprint density at radius 1 is 1.50 bits per heavy atom. The van der Waals surface area contributed by atoms with Crippen molar-refractivity contribution in [2.75, 3.05) is 5.75 Å². The molecule has 0 bridgehead atoms. The molecule has 0 aromatic rings. The van der Waals surface area contributed by atoms with Gasteiger partial charge in [0.05, 0.1) is 17.1 Å². The second kappa shape index (κ2) is 3.72. The lowest BCUT2D eigenvalue weighted by Gasteiger charge is -2.25. The summed E-state index contributed by atoms with van der Waals surface area (Å²) in [6.45, 7) is 1.70. The van der Waals surface area contributed by atoms with E-state index in [0.717, 1.165) is 12.8 Å². The molecular formula is C7H15NO3S. The van der Waals surface area contributed by atoms with Crippen molar-refractivity contribution in [2.45, 2.75) is 37.5 Å². The average Bonchev–Trinajstić information content (AvgIpc) is 2.02. The Balaban J connectivity index is 2.73. The summed E-state index contributed by atoms with van der Waals surface area (Å²) in [6.07, 6.45) is 2.03. The highest BCUT2D eigenvalue weighted by Crippen LogP contribution is 2.22. The topological polar surface area (TPSA) is 69.4 Å². The van der Waals surface area contributed by atoms with Crippen LogP contribution in [0.4, 0.5) is 0 Å². The molecule has 1 fully saturated rings. The number of sulfone groups is 1. The van der Waals surface area contributed by atoms with Gasteiger partial charge in [-0.2, -0.15) is 0 Å². The lowest BCUT2D eigenvalue weighted by molar-refractivity contribution is 0.0604. The van der Waals surface area contributed by atoms with Crippen molar-refractivity contribution in [1.29, 1.82) is 0 Å². The zero-order valence-electron chi connectivity index (χ0n) is 7.19. The minimum absolute atomic E-state index is 0.283. The van der Waals surface area contributed by atoms with Gasteiger partial charge in [-0.1, -0.05) is 6.42 Å². The molecule has 72 valence electrons. The van der Waals surface area contributed by atoms with Gasteiger partial charge < -0.3 is 4.84 Å². The van der Waals surface area contributed by atoms with E-state index in [1.165, 1.54) is 0 Å². The molecule has 0 radical (unpaired) electrons. The van der Waals surface area contributed by atoms with Crippen LogP contribution >= 0.6 is 0 Å². The fourth-order valence-corrected chi connectivity index (χ4v) is 3.68. The maximum atomic E-state index is 11.4. The van der Waals surface area contributed by atoms with E-state index in [2.05, 4.69) is 4.84 Å². The second-order valence-corrected chi connectivity index (χ2v) is 5.58. The smallest absolute Gasteiger partial charge is 0.155 e. The summed E-state index contributed by atoms with van der Waals surface area (Å²) in [5.74, 6) is 5.24. The van der Waals surface area contributed by atoms with Gasteiger partial charge in [0.25, 0.3) is 0 Å². The van der Waals surface area contributed by atoms with Gasteiger partial charge in [0.2, 0.25) is 0 Å². The maximum absolute atomic E-state index is 11.4. The van der Waals surface area contributed by atoms with Crippen molar-refractivity contribution in [1.82, 2.24) is 0 Å². The van der Waals surface area contributed by atoms with Crippen LogP contribution in [0.2, 0.25) is 0 Å². The Morgan fingerprint density at radius 3 is 2.67 bits per heavy atom. The van der Waals surface area contributed by atoms with Crippen LogP contribution in [0.1, 0.15) is 26.2 Å². The standard InChI is InChI=1S/C7H15NO3S/c1-6(11-8)7-4-2-3-5-12(7,9)10/h6-7H,2-5,8H2,1H3. The summed E-state index contributed by atoms with van der Waals surface area (Å²) in [7, 11) is -2.94. The number of hydrogen-bond acceptors (Lipinski definition) is 4. The summed E-state index contributed by atoms with van der Waals surface area (Å²) in [4.78, 5) is 4.55. The van der Waals surface area contributed by atoms with Crippen LogP contribution in [0.15, 0.2) is 0 Å². The summed E-state index contributed by atoms with van der Waals surface area (Å²) < 4.78 is 22.9. The molecule has 2 unspecified atom stereocenters. The minimum Gasteiger partial charge on any atom is -0.300 e. The first kappa shape index (κ1) is 9.95. The third-order valence-electron chi connectivity index (χ3n) is 2.37. The molecule has 0 spiro atoms. The molecule has 2 atom stereocenters. The van der Waals surface area contributed by atoms with E-state index in [4.69, 9.17) is 5.90 Å². The molecule has 1 saturated heterocycles. The van der Waals surface area contributed by atoms with Crippen LogP contribution < -0.4 is 5.90 Å². The van der Waals surface area contributed by atoms with Crippen LogP contribution in [0.25, 0.3) is 0 Å². The number of nitrogens with two attached hydrogens (primary N) is 1. The van der Waals surface area contributed by atoms with E-state index in [0.29, 0.717) is 6.42 Å². The van der Waals surface area contributed by atoms with E-state index < -0.39 is 15.1 Å². The fourth-order valence-electron chi connectivity index (χ4n) is 1.59. The van der Waals surface area contributed by atoms with E-state index in [1.54, 1.807) is 6.92 Å². The predicted octanol–water partition coefficient (Wildman–Crippen LogP) is 0.233. The highest BCUT2D eigenvalue weighted by atomic mass is 32.2. The summed E-state index contributed by atoms with van der Waals surface area (Å²) in [5.41, 5.74) is 0. The summed E-state index contributed by atoms with van der Waals surface area (Å²) >= 11 is 0. The maximum Gasteiger partial charge on any atom is 0.155 e. The fraction of sp³-hybridized carbons (Fsp3) is 1.00. The lowest BCUT2D eigenvalue weighted by Crippen LogP contribution is -2.39. The first-order valence-electron chi connectivity index (χ1n) is 4.15. The monoisotopic (exact) mass is 193 g/mol. The molecule has 0 aromatic heterocycles. The zero-order chi connectivity index (χ0) is 9.19. The number of rotatable bonds is 2. The van der Waals surface area contributed by atoms with E-state index in [1.807, 2.05) is 0 Å². The van der Waals surface area contributed by atoms with Crippen LogP contribution in [-0.4, -0.2) is 25.5 Å². The zero-order valence-corrected chi connectivity index (χ0v) is 8.01. The van der Waals surface area contributed by atoms with Gasteiger partial charge in [-0.3, -0.25) is 0 Å². The first-order chi connectivity index (χ1) is 5.58. The Kier molecular flexibility index (Phi) is 3.09. The second-order valence-electron chi connectivity index (χ2n) is 3.24. The molecule has 5 heteroatoms. The normalized spacial score (nSPS) is 31.3. The molecule has 12 heavy (non-hydrogen) atoms. The molecule has 1 aliphatic rings. The molecule has 1 heterocycles. The van der Waals surface area contributed by atoms with Crippen molar-refractivity contribution in [3.8, 4) is 0 Å².